The predicted octanol–water partition coefficient (Wildman–Crippen LogP) is 4.64. The Kier molecular flexibility index (Phi) is 5.68. The van der Waals surface area contributed by atoms with Crippen molar-refractivity contribution in [2.75, 3.05) is 19.5 Å². The summed E-state index contributed by atoms with van der Waals surface area (Å²) in [4.78, 5) is 39.8. The van der Waals surface area contributed by atoms with Crippen LogP contribution >= 0.6 is 0 Å². The SMILES string of the molecule is COc1ccc([N+](=O)[O-])cc1NC(=O)[C@H]1c2ccccc2C(=O)N(C)[C@@H]1c1cn(C)c2ccccc12. The van der Waals surface area contributed by atoms with Crippen molar-refractivity contribution in [1.82, 2.24) is 9.47 Å². The third-order valence-corrected chi connectivity index (χ3v) is 6.76. The third-order valence-electron chi connectivity index (χ3n) is 6.76. The molecule has 0 fully saturated rings. The third kappa shape index (κ3) is 3.65. The minimum atomic E-state index is -0.779. The summed E-state index contributed by atoms with van der Waals surface area (Å²) < 4.78 is 7.32. The number of para-hydroxylation sites is 1. The fourth-order valence-electron chi connectivity index (χ4n) is 5.07. The van der Waals surface area contributed by atoms with E-state index in [2.05, 4.69) is 5.32 Å². The molecule has 1 N–H and O–H groups in total. The standard InChI is InChI=1S/C27H24N4O5/c1-29-15-20(17-8-6-7-11-22(17)29)25-24(18-9-4-5-10-19(18)27(33)30(25)2)26(32)28-21-14-16(31(34)35)12-13-23(21)36-3/h4-15,24-25H,1-3H3,(H,28,32)/t24-,25+/m0/s1. The van der Waals surface area contributed by atoms with E-state index in [1.165, 1.54) is 25.3 Å². The van der Waals surface area contributed by atoms with Crippen LogP contribution in [-0.2, 0) is 11.8 Å². The number of benzene rings is 3. The summed E-state index contributed by atoms with van der Waals surface area (Å²) in [5.74, 6) is -1.07. The highest BCUT2D eigenvalue weighted by Gasteiger charge is 2.43. The number of rotatable bonds is 5. The van der Waals surface area contributed by atoms with E-state index in [9.17, 15) is 19.7 Å². The molecule has 0 saturated heterocycles. The average Bonchev–Trinajstić information content (AvgIpc) is 3.22. The summed E-state index contributed by atoms with van der Waals surface area (Å²) in [6.45, 7) is 0. The van der Waals surface area contributed by atoms with Crippen LogP contribution in [0.25, 0.3) is 10.9 Å². The normalized spacial score (nSPS) is 17.1. The number of likely N-dealkylation sites (N-methyl/N-ethyl adjacent to an activating group) is 1. The Morgan fingerprint density at radius 3 is 2.50 bits per heavy atom. The van der Waals surface area contributed by atoms with E-state index in [-0.39, 0.29) is 17.3 Å². The van der Waals surface area contributed by atoms with Gasteiger partial charge in [0.15, 0.2) is 0 Å². The van der Waals surface area contributed by atoms with Crippen LogP contribution in [0.1, 0.15) is 33.4 Å². The average molecular weight is 485 g/mol. The quantitative estimate of drug-likeness (QED) is 0.328. The van der Waals surface area contributed by atoms with Crippen molar-refractivity contribution in [2.45, 2.75) is 12.0 Å². The molecule has 0 saturated carbocycles. The van der Waals surface area contributed by atoms with Crippen LogP contribution in [-0.4, -0.2) is 40.4 Å². The summed E-state index contributed by atoms with van der Waals surface area (Å²) in [6.07, 6.45) is 1.95. The van der Waals surface area contributed by atoms with Crippen molar-refractivity contribution in [3.8, 4) is 5.75 Å². The number of carbonyl (C=O) groups excluding carboxylic acids is 2. The number of methoxy groups -OCH3 is 1. The van der Waals surface area contributed by atoms with E-state index >= 15 is 0 Å². The Labute approximate surface area is 207 Å². The minimum absolute atomic E-state index is 0.173. The molecule has 36 heavy (non-hydrogen) atoms. The number of carbonyl (C=O) groups is 2. The zero-order valence-corrected chi connectivity index (χ0v) is 20.0. The van der Waals surface area contributed by atoms with E-state index in [0.717, 1.165) is 16.5 Å². The van der Waals surface area contributed by atoms with Gasteiger partial charge in [0, 0.05) is 54.5 Å². The number of aromatic nitrogens is 1. The zero-order valence-electron chi connectivity index (χ0n) is 20.0. The van der Waals surface area contributed by atoms with E-state index in [1.54, 1.807) is 36.2 Å². The van der Waals surface area contributed by atoms with Gasteiger partial charge in [-0.1, -0.05) is 36.4 Å². The Morgan fingerprint density at radius 1 is 1.03 bits per heavy atom. The smallest absolute Gasteiger partial charge is 0.271 e. The molecular weight excluding hydrogens is 460 g/mol. The van der Waals surface area contributed by atoms with Gasteiger partial charge in [-0.2, -0.15) is 0 Å². The maximum Gasteiger partial charge on any atom is 0.271 e. The number of nitro benzene ring substituents is 1. The maximum atomic E-state index is 14.0. The number of hydrogen-bond donors (Lipinski definition) is 1. The molecule has 3 aromatic carbocycles. The van der Waals surface area contributed by atoms with Gasteiger partial charge in [0.25, 0.3) is 11.6 Å². The number of nitrogens with zero attached hydrogens (tertiary/aromatic N) is 3. The molecule has 2 heterocycles. The van der Waals surface area contributed by atoms with Crippen LogP contribution in [0.4, 0.5) is 11.4 Å². The van der Waals surface area contributed by atoms with Crippen LogP contribution in [0, 0.1) is 10.1 Å². The van der Waals surface area contributed by atoms with Crippen molar-refractivity contribution in [1.29, 1.82) is 0 Å². The number of nitro groups is 1. The summed E-state index contributed by atoms with van der Waals surface area (Å²) in [6, 6.07) is 18.3. The lowest BCUT2D eigenvalue weighted by Crippen LogP contribution is -2.44. The van der Waals surface area contributed by atoms with Gasteiger partial charge in [0.2, 0.25) is 5.91 Å². The molecule has 4 aromatic rings. The van der Waals surface area contributed by atoms with Crippen LogP contribution in [0.5, 0.6) is 5.75 Å². The minimum Gasteiger partial charge on any atom is -0.495 e. The highest BCUT2D eigenvalue weighted by atomic mass is 16.6. The monoisotopic (exact) mass is 484 g/mol. The lowest BCUT2D eigenvalue weighted by molar-refractivity contribution is -0.384. The molecule has 2 atom stereocenters. The highest BCUT2D eigenvalue weighted by Crippen LogP contribution is 2.45. The first kappa shape index (κ1) is 23.1. The summed E-state index contributed by atoms with van der Waals surface area (Å²) in [5, 5.41) is 15.1. The van der Waals surface area contributed by atoms with Gasteiger partial charge in [0.1, 0.15) is 5.75 Å². The topological polar surface area (TPSA) is 107 Å². The first-order chi connectivity index (χ1) is 17.3. The molecule has 2 amide bonds. The number of non-ortho nitro benzene ring substituents is 1. The Bertz CT molecular complexity index is 1530. The van der Waals surface area contributed by atoms with Gasteiger partial charge in [-0.15, -0.1) is 0 Å². The Morgan fingerprint density at radius 2 is 1.75 bits per heavy atom. The molecule has 0 bridgehead atoms. The van der Waals surface area contributed by atoms with Gasteiger partial charge < -0.3 is 19.5 Å². The van der Waals surface area contributed by atoms with Crippen molar-refractivity contribution < 1.29 is 19.2 Å². The second-order valence-corrected chi connectivity index (χ2v) is 8.77. The van der Waals surface area contributed by atoms with Crippen molar-refractivity contribution in [3.05, 3.63) is 99.7 Å². The molecular formula is C27H24N4O5. The lowest BCUT2D eigenvalue weighted by atomic mass is 9.79. The van der Waals surface area contributed by atoms with Gasteiger partial charge in [-0.3, -0.25) is 19.7 Å². The Hall–Kier alpha value is -4.66. The van der Waals surface area contributed by atoms with E-state index in [0.29, 0.717) is 16.9 Å². The molecule has 182 valence electrons. The summed E-state index contributed by atoms with van der Waals surface area (Å²) >= 11 is 0. The molecule has 1 aromatic heterocycles. The number of aryl methyl sites for hydroxylation is 1. The Balaban J connectivity index is 1.67. The number of amides is 2. The fraction of sp³-hybridized carbons (Fsp3) is 0.185. The molecule has 1 aliphatic rings. The van der Waals surface area contributed by atoms with Gasteiger partial charge in [-0.05, 0) is 23.8 Å². The molecule has 9 nitrogen and oxygen atoms in total. The second kappa shape index (κ2) is 8.84. The number of anilines is 1. The van der Waals surface area contributed by atoms with Crippen molar-refractivity contribution in [2.24, 2.45) is 7.05 Å². The first-order valence-electron chi connectivity index (χ1n) is 11.3. The molecule has 9 heteroatoms. The molecule has 0 aliphatic carbocycles. The van der Waals surface area contributed by atoms with Crippen LogP contribution in [0.2, 0.25) is 0 Å². The van der Waals surface area contributed by atoms with Crippen LogP contribution < -0.4 is 10.1 Å². The largest absolute Gasteiger partial charge is 0.495 e. The first-order valence-corrected chi connectivity index (χ1v) is 11.3. The van der Waals surface area contributed by atoms with E-state index in [1.807, 2.05) is 42.1 Å². The summed E-state index contributed by atoms with van der Waals surface area (Å²) in [7, 11) is 5.05. The number of hydrogen-bond acceptors (Lipinski definition) is 5. The van der Waals surface area contributed by atoms with Gasteiger partial charge in [0.05, 0.1) is 29.7 Å². The van der Waals surface area contributed by atoms with Gasteiger partial charge >= 0.3 is 0 Å². The van der Waals surface area contributed by atoms with Crippen molar-refractivity contribution in [3.63, 3.8) is 0 Å². The summed E-state index contributed by atoms with van der Waals surface area (Å²) in [5.41, 5.74) is 2.87. The van der Waals surface area contributed by atoms with E-state index in [4.69, 9.17) is 4.74 Å². The van der Waals surface area contributed by atoms with Crippen LogP contribution in [0.3, 0.4) is 0 Å². The number of ether oxygens (including phenoxy) is 1. The lowest BCUT2D eigenvalue weighted by Gasteiger charge is -2.39. The van der Waals surface area contributed by atoms with E-state index < -0.39 is 22.8 Å². The molecule has 0 unspecified atom stereocenters. The second-order valence-electron chi connectivity index (χ2n) is 8.77. The highest BCUT2D eigenvalue weighted by molar-refractivity contribution is 6.05. The fourth-order valence-corrected chi connectivity index (χ4v) is 5.07. The zero-order chi connectivity index (χ0) is 25.6. The number of fused-ring (bicyclic) bond motifs is 2. The maximum absolute atomic E-state index is 14.0. The number of nitrogens with one attached hydrogen (secondary N) is 1. The molecule has 0 radical (unpaired) electrons. The molecule has 5 rings (SSSR count). The van der Waals surface area contributed by atoms with Gasteiger partial charge in [-0.25, -0.2) is 0 Å². The molecule has 1 aliphatic heterocycles. The predicted molar refractivity (Wildman–Crippen MR) is 135 cm³/mol. The molecule has 0 spiro atoms. The van der Waals surface area contributed by atoms with Crippen LogP contribution in [0.15, 0.2) is 72.9 Å². The van der Waals surface area contributed by atoms with Crippen molar-refractivity contribution >= 4 is 34.1 Å².